The molecule has 0 bridgehead atoms. The highest BCUT2D eigenvalue weighted by Gasteiger charge is 2.27. The van der Waals surface area contributed by atoms with Gasteiger partial charge in [0.2, 0.25) is 0 Å². The van der Waals surface area contributed by atoms with Crippen LogP contribution in [0.15, 0.2) is 6.07 Å². The molecule has 0 atom stereocenters. The van der Waals surface area contributed by atoms with Gasteiger partial charge in [-0.15, -0.1) is 0 Å². The molecule has 0 spiro atoms. The third kappa shape index (κ3) is 3.25. The van der Waals surface area contributed by atoms with Crippen LogP contribution in [0.4, 0.5) is 0 Å². The Hall–Kier alpha value is -0.710. The first-order valence-corrected chi connectivity index (χ1v) is 7.20. The standard InChI is InChI=1S/C13H18Cl2N2O2/c1-17(9-4-2-8(7-18)3-5-9)13(19)11-6-10(14)12(15)16-11/h6,8-9,16,18H,2-5,7H2,1H3. The van der Waals surface area contributed by atoms with Crippen LogP contribution in [-0.2, 0) is 0 Å². The lowest BCUT2D eigenvalue weighted by Crippen LogP contribution is -2.40. The maximum Gasteiger partial charge on any atom is 0.270 e. The van der Waals surface area contributed by atoms with Crippen molar-refractivity contribution in [2.75, 3.05) is 13.7 Å². The van der Waals surface area contributed by atoms with E-state index in [9.17, 15) is 4.79 Å². The summed E-state index contributed by atoms with van der Waals surface area (Å²) in [4.78, 5) is 16.8. The summed E-state index contributed by atoms with van der Waals surface area (Å²) in [5, 5.41) is 9.78. The van der Waals surface area contributed by atoms with E-state index in [0.29, 0.717) is 21.8 Å². The zero-order chi connectivity index (χ0) is 14.0. The fourth-order valence-corrected chi connectivity index (χ4v) is 2.90. The lowest BCUT2D eigenvalue weighted by atomic mass is 9.86. The average Bonchev–Trinajstić information content (AvgIpc) is 2.77. The predicted octanol–water partition coefficient (Wildman–Crippen LogP) is 2.94. The van der Waals surface area contributed by atoms with E-state index in [4.69, 9.17) is 28.3 Å². The summed E-state index contributed by atoms with van der Waals surface area (Å²) in [5.41, 5.74) is 0.418. The van der Waals surface area contributed by atoms with Gasteiger partial charge >= 0.3 is 0 Å². The molecule has 4 nitrogen and oxygen atoms in total. The number of rotatable bonds is 3. The number of H-pyrrole nitrogens is 1. The molecule has 0 unspecified atom stereocenters. The van der Waals surface area contributed by atoms with Crippen LogP contribution in [0, 0.1) is 5.92 Å². The molecule has 1 heterocycles. The number of aromatic nitrogens is 1. The van der Waals surface area contributed by atoms with Gasteiger partial charge in [0.1, 0.15) is 10.8 Å². The summed E-state index contributed by atoms with van der Waals surface area (Å²) < 4.78 is 0. The topological polar surface area (TPSA) is 56.3 Å². The van der Waals surface area contributed by atoms with E-state index in [2.05, 4.69) is 4.98 Å². The van der Waals surface area contributed by atoms with Gasteiger partial charge in [-0.25, -0.2) is 0 Å². The number of nitrogens with one attached hydrogen (secondary N) is 1. The predicted molar refractivity (Wildman–Crippen MR) is 75.7 cm³/mol. The fourth-order valence-electron chi connectivity index (χ4n) is 2.59. The maximum atomic E-state index is 12.3. The second-order valence-electron chi connectivity index (χ2n) is 5.12. The number of aliphatic hydroxyl groups excluding tert-OH is 1. The molecule has 1 aromatic rings. The Morgan fingerprint density at radius 3 is 2.53 bits per heavy atom. The van der Waals surface area contributed by atoms with E-state index in [1.165, 1.54) is 0 Å². The first-order valence-electron chi connectivity index (χ1n) is 6.45. The molecule has 1 amide bonds. The molecule has 1 fully saturated rings. The second-order valence-corrected chi connectivity index (χ2v) is 5.90. The number of hydrogen-bond acceptors (Lipinski definition) is 2. The minimum absolute atomic E-state index is 0.0961. The maximum absolute atomic E-state index is 12.3. The molecular weight excluding hydrogens is 287 g/mol. The van der Waals surface area contributed by atoms with Crippen molar-refractivity contribution in [1.82, 2.24) is 9.88 Å². The highest BCUT2D eigenvalue weighted by atomic mass is 35.5. The van der Waals surface area contributed by atoms with Crippen molar-refractivity contribution in [3.05, 3.63) is 21.9 Å². The Bertz CT molecular complexity index is 434. The average molecular weight is 305 g/mol. The van der Waals surface area contributed by atoms with Crippen molar-refractivity contribution in [3.8, 4) is 0 Å². The van der Waals surface area contributed by atoms with Crippen molar-refractivity contribution in [2.45, 2.75) is 31.7 Å². The Balaban J connectivity index is 2.00. The van der Waals surface area contributed by atoms with E-state index >= 15 is 0 Å². The van der Waals surface area contributed by atoms with Gasteiger partial charge in [0.25, 0.3) is 5.91 Å². The van der Waals surface area contributed by atoms with Crippen molar-refractivity contribution in [2.24, 2.45) is 5.92 Å². The van der Waals surface area contributed by atoms with Crippen molar-refractivity contribution in [3.63, 3.8) is 0 Å². The quantitative estimate of drug-likeness (QED) is 0.902. The largest absolute Gasteiger partial charge is 0.396 e. The van der Waals surface area contributed by atoms with E-state index in [0.717, 1.165) is 25.7 Å². The molecule has 106 valence electrons. The number of aromatic amines is 1. The molecule has 1 saturated carbocycles. The zero-order valence-electron chi connectivity index (χ0n) is 10.8. The number of amides is 1. The smallest absolute Gasteiger partial charge is 0.270 e. The molecule has 2 N–H and O–H groups in total. The minimum atomic E-state index is -0.0961. The second kappa shape index (κ2) is 6.16. The summed E-state index contributed by atoms with van der Waals surface area (Å²) in [6.07, 6.45) is 3.78. The normalized spacial score (nSPS) is 23.4. The fraction of sp³-hybridized carbons (Fsp3) is 0.615. The molecular formula is C13H18Cl2N2O2. The molecule has 6 heteroatoms. The number of hydrogen-bond donors (Lipinski definition) is 2. The minimum Gasteiger partial charge on any atom is -0.396 e. The molecule has 1 aliphatic carbocycles. The Labute approximate surface area is 122 Å². The molecule has 19 heavy (non-hydrogen) atoms. The van der Waals surface area contributed by atoms with Crippen molar-refractivity contribution in [1.29, 1.82) is 0 Å². The summed E-state index contributed by atoms with van der Waals surface area (Å²) in [6, 6.07) is 1.78. The van der Waals surface area contributed by atoms with Gasteiger partial charge in [0.05, 0.1) is 5.02 Å². The molecule has 0 aromatic carbocycles. The van der Waals surface area contributed by atoms with Crippen LogP contribution in [0.5, 0.6) is 0 Å². The molecule has 0 radical (unpaired) electrons. The Morgan fingerprint density at radius 2 is 2.05 bits per heavy atom. The van der Waals surface area contributed by atoms with E-state index in [-0.39, 0.29) is 18.6 Å². The first kappa shape index (κ1) is 14.7. The number of aliphatic hydroxyl groups is 1. The van der Waals surface area contributed by atoms with Crippen LogP contribution in [0.1, 0.15) is 36.2 Å². The monoisotopic (exact) mass is 304 g/mol. The lowest BCUT2D eigenvalue weighted by molar-refractivity contribution is 0.0648. The zero-order valence-corrected chi connectivity index (χ0v) is 12.3. The Morgan fingerprint density at radius 1 is 1.42 bits per heavy atom. The SMILES string of the molecule is CN(C(=O)c1cc(Cl)c(Cl)[nH]1)C1CCC(CO)CC1. The van der Waals surface area contributed by atoms with Gasteiger partial charge in [-0.2, -0.15) is 0 Å². The molecule has 1 aliphatic rings. The van der Waals surface area contributed by atoms with E-state index < -0.39 is 0 Å². The summed E-state index contributed by atoms with van der Waals surface area (Å²) >= 11 is 11.7. The summed E-state index contributed by atoms with van der Waals surface area (Å²) in [7, 11) is 1.80. The van der Waals surface area contributed by atoms with Gasteiger partial charge in [0, 0.05) is 19.7 Å². The van der Waals surface area contributed by atoms with E-state index in [1.807, 2.05) is 0 Å². The third-order valence-corrected chi connectivity index (χ3v) is 4.59. The third-order valence-electron chi connectivity index (χ3n) is 3.90. The van der Waals surface area contributed by atoms with Crippen LogP contribution in [0.25, 0.3) is 0 Å². The van der Waals surface area contributed by atoms with Crippen LogP contribution < -0.4 is 0 Å². The number of nitrogens with zero attached hydrogens (tertiary/aromatic N) is 1. The molecule has 0 saturated heterocycles. The van der Waals surface area contributed by atoms with Gasteiger partial charge in [-0.05, 0) is 37.7 Å². The van der Waals surface area contributed by atoms with Crippen molar-refractivity contribution < 1.29 is 9.90 Å². The van der Waals surface area contributed by atoms with E-state index in [1.54, 1.807) is 18.0 Å². The van der Waals surface area contributed by atoms with Gasteiger partial charge in [-0.3, -0.25) is 4.79 Å². The van der Waals surface area contributed by atoms with Gasteiger partial charge in [0.15, 0.2) is 0 Å². The number of halogens is 2. The van der Waals surface area contributed by atoms with Gasteiger partial charge < -0.3 is 15.0 Å². The Kier molecular flexibility index (Phi) is 4.76. The molecule has 1 aromatic heterocycles. The summed E-state index contributed by atoms with van der Waals surface area (Å²) in [5.74, 6) is 0.287. The molecule has 0 aliphatic heterocycles. The number of carbonyl (C=O) groups excluding carboxylic acids is 1. The van der Waals surface area contributed by atoms with Crippen LogP contribution in [0.2, 0.25) is 10.2 Å². The van der Waals surface area contributed by atoms with Crippen molar-refractivity contribution >= 4 is 29.1 Å². The lowest BCUT2D eigenvalue weighted by Gasteiger charge is -2.33. The highest BCUT2D eigenvalue weighted by Crippen LogP contribution is 2.28. The van der Waals surface area contributed by atoms with Crippen LogP contribution >= 0.6 is 23.2 Å². The van der Waals surface area contributed by atoms with Gasteiger partial charge in [-0.1, -0.05) is 23.2 Å². The van der Waals surface area contributed by atoms with Crippen LogP contribution in [0.3, 0.4) is 0 Å². The summed E-state index contributed by atoms with van der Waals surface area (Å²) in [6.45, 7) is 0.242. The van der Waals surface area contributed by atoms with Crippen LogP contribution in [-0.4, -0.2) is 40.6 Å². The highest BCUT2D eigenvalue weighted by molar-refractivity contribution is 6.41. The first-order chi connectivity index (χ1) is 9.02. The molecule has 2 rings (SSSR count). The number of carbonyl (C=O) groups is 1.